The van der Waals surface area contributed by atoms with Crippen molar-refractivity contribution >= 4 is 23.5 Å². The van der Waals surface area contributed by atoms with Crippen LogP contribution in [0.2, 0.25) is 0 Å². The van der Waals surface area contributed by atoms with E-state index >= 15 is 0 Å². The molecule has 0 bridgehead atoms. The molecule has 1 aliphatic carbocycles. The number of hydrogen-bond donors (Lipinski definition) is 2. The maximum atomic E-state index is 13.4. The molecule has 2 aromatic rings. The molecule has 2 N–H and O–H groups in total. The van der Waals surface area contributed by atoms with E-state index in [1.807, 2.05) is 27.7 Å². The smallest absolute Gasteiger partial charge is 0.270 e. The summed E-state index contributed by atoms with van der Waals surface area (Å²) in [5.41, 5.74) is 0.116. The lowest BCUT2D eigenvalue weighted by Crippen LogP contribution is -2.50. The molecular formula is C24H33N5O5. The molecule has 10 nitrogen and oxygen atoms in total. The molecule has 3 heterocycles. The van der Waals surface area contributed by atoms with Crippen LogP contribution >= 0.6 is 0 Å². The molecule has 4 rings (SSSR count). The number of nitrogens with one attached hydrogen (secondary N) is 1. The van der Waals surface area contributed by atoms with Gasteiger partial charge in [-0.25, -0.2) is 0 Å². The van der Waals surface area contributed by atoms with Gasteiger partial charge in [-0.2, -0.15) is 9.61 Å². The zero-order valence-electron chi connectivity index (χ0n) is 20.4. The second-order valence-corrected chi connectivity index (χ2v) is 10.2. The predicted molar refractivity (Wildman–Crippen MR) is 127 cm³/mol. The Bertz CT molecular complexity index is 1220. The fraction of sp³-hybridized carbons (Fsp3) is 0.583. The van der Waals surface area contributed by atoms with Crippen molar-refractivity contribution in [3.63, 3.8) is 0 Å². The van der Waals surface area contributed by atoms with Gasteiger partial charge in [-0.05, 0) is 45.6 Å². The maximum absolute atomic E-state index is 13.4. The quantitative estimate of drug-likeness (QED) is 0.620. The van der Waals surface area contributed by atoms with Crippen LogP contribution in [0.4, 0.5) is 0 Å². The number of carbonyl (C=O) groups excluding carboxylic acids is 2. The van der Waals surface area contributed by atoms with Crippen LogP contribution in [0.1, 0.15) is 62.2 Å². The highest BCUT2D eigenvalue weighted by Gasteiger charge is 2.31. The van der Waals surface area contributed by atoms with E-state index in [9.17, 15) is 19.5 Å². The van der Waals surface area contributed by atoms with Crippen molar-refractivity contribution in [3.05, 3.63) is 33.3 Å². The first-order valence-electron chi connectivity index (χ1n) is 11.8. The first kappa shape index (κ1) is 24.0. The summed E-state index contributed by atoms with van der Waals surface area (Å²) in [7, 11) is 0. The highest BCUT2D eigenvalue weighted by atomic mass is 16.5. The predicted octanol–water partition coefficient (Wildman–Crippen LogP) is 1.71. The van der Waals surface area contributed by atoms with Crippen LogP contribution in [-0.4, -0.2) is 67.3 Å². The Kier molecular flexibility index (Phi) is 6.28. The third-order valence-corrected chi connectivity index (χ3v) is 6.04. The molecule has 184 valence electrons. The number of aryl methyl sites for hydroxylation is 1. The molecule has 1 saturated carbocycles. The van der Waals surface area contributed by atoms with Gasteiger partial charge in [0.2, 0.25) is 11.8 Å². The van der Waals surface area contributed by atoms with Gasteiger partial charge >= 0.3 is 0 Å². The van der Waals surface area contributed by atoms with E-state index in [4.69, 9.17) is 4.74 Å². The Hall–Kier alpha value is -3.14. The van der Waals surface area contributed by atoms with Gasteiger partial charge in [-0.15, -0.1) is 0 Å². The lowest BCUT2D eigenvalue weighted by atomic mass is 10.1. The van der Waals surface area contributed by atoms with Crippen LogP contribution in [0.5, 0.6) is 5.88 Å². The number of ether oxygens (including phenoxy) is 1. The number of aromatic nitrogens is 3. The van der Waals surface area contributed by atoms with Crippen LogP contribution < -0.4 is 10.9 Å². The number of hydrogen-bond acceptors (Lipinski definition) is 6. The van der Waals surface area contributed by atoms with Gasteiger partial charge in [0.25, 0.3) is 11.5 Å². The maximum Gasteiger partial charge on any atom is 0.270 e. The minimum absolute atomic E-state index is 0.0366. The fourth-order valence-corrected chi connectivity index (χ4v) is 4.25. The summed E-state index contributed by atoms with van der Waals surface area (Å²) in [6.45, 7) is 11.3. The molecule has 2 amide bonds. The largest absolute Gasteiger partial charge is 0.492 e. The molecule has 34 heavy (non-hydrogen) atoms. The first-order chi connectivity index (χ1) is 16.0. The van der Waals surface area contributed by atoms with Crippen LogP contribution in [0.25, 0.3) is 11.7 Å². The summed E-state index contributed by atoms with van der Waals surface area (Å²) >= 11 is 0. The number of amides is 2. The molecule has 0 unspecified atom stereocenters. The summed E-state index contributed by atoms with van der Waals surface area (Å²) in [6, 6.07) is 0.0366. The van der Waals surface area contributed by atoms with Crippen molar-refractivity contribution in [1.29, 1.82) is 0 Å². The van der Waals surface area contributed by atoms with E-state index < -0.39 is 22.9 Å². The number of aromatic hydroxyl groups is 1. The van der Waals surface area contributed by atoms with E-state index in [1.165, 1.54) is 15.2 Å². The lowest BCUT2D eigenvalue weighted by Gasteiger charge is -2.37. The zero-order valence-corrected chi connectivity index (χ0v) is 20.4. The monoisotopic (exact) mass is 471 g/mol. The normalized spacial score (nSPS) is 18.2. The SMILES string of the molecule is Cc1nn2c(O)c(C(=O)NC3CC3)c(=O)n(CC(C)C)c2c1/C=C/C(=O)N1CCOC(C)(C)C1. The van der Waals surface area contributed by atoms with Crippen molar-refractivity contribution in [2.45, 2.75) is 65.6 Å². The van der Waals surface area contributed by atoms with Crippen molar-refractivity contribution in [1.82, 2.24) is 24.4 Å². The van der Waals surface area contributed by atoms with Crippen LogP contribution in [0.15, 0.2) is 10.9 Å². The summed E-state index contributed by atoms with van der Waals surface area (Å²) in [4.78, 5) is 40.7. The van der Waals surface area contributed by atoms with Crippen LogP contribution in [0, 0.1) is 12.8 Å². The van der Waals surface area contributed by atoms with Gasteiger partial charge < -0.3 is 20.1 Å². The van der Waals surface area contributed by atoms with Gasteiger partial charge in [-0.1, -0.05) is 13.8 Å². The topological polar surface area (TPSA) is 118 Å². The van der Waals surface area contributed by atoms with E-state index in [1.54, 1.807) is 17.9 Å². The van der Waals surface area contributed by atoms with Crippen molar-refractivity contribution in [2.75, 3.05) is 19.7 Å². The van der Waals surface area contributed by atoms with E-state index in [-0.39, 0.29) is 23.4 Å². The molecule has 0 aromatic carbocycles. The molecule has 10 heteroatoms. The van der Waals surface area contributed by atoms with Crippen LogP contribution in [0.3, 0.4) is 0 Å². The third kappa shape index (κ3) is 4.72. The molecule has 2 aliphatic rings. The lowest BCUT2D eigenvalue weighted by molar-refractivity contribution is -0.140. The zero-order chi connectivity index (χ0) is 24.8. The van der Waals surface area contributed by atoms with Crippen molar-refractivity contribution in [3.8, 4) is 5.88 Å². The van der Waals surface area contributed by atoms with Gasteiger partial charge in [0.15, 0.2) is 5.56 Å². The number of rotatable bonds is 6. The van der Waals surface area contributed by atoms with E-state index in [0.29, 0.717) is 43.1 Å². The summed E-state index contributed by atoms with van der Waals surface area (Å²) in [5, 5.41) is 18.1. The number of carbonyl (C=O) groups is 2. The first-order valence-corrected chi connectivity index (χ1v) is 11.8. The minimum Gasteiger partial charge on any atom is -0.492 e. The molecular weight excluding hydrogens is 438 g/mol. The van der Waals surface area contributed by atoms with E-state index in [0.717, 1.165) is 12.8 Å². The van der Waals surface area contributed by atoms with Gasteiger partial charge in [-0.3, -0.25) is 19.0 Å². The Morgan fingerprint density at radius 2 is 2.03 bits per heavy atom. The average Bonchev–Trinajstić information content (AvgIpc) is 3.49. The molecule has 1 aliphatic heterocycles. The number of fused-ring (bicyclic) bond motifs is 1. The van der Waals surface area contributed by atoms with Gasteiger partial charge in [0, 0.05) is 37.3 Å². The summed E-state index contributed by atoms with van der Waals surface area (Å²) < 4.78 is 8.37. The Balaban J connectivity index is 1.78. The molecule has 2 fully saturated rings. The molecule has 0 radical (unpaired) electrons. The average molecular weight is 472 g/mol. The van der Waals surface area contributed by atoms with Crippen molar-refractivity contribution < 1.29 is 19.4 Å². The Labute approximate surface area is 198 Å². The van der Waals surface area contributed by atoms with Gasteiger partial charge in [0.05, 0.1) is 17.9 Å². The third-order valence-electron chi connectivity index (χ3n) is 6.04. The Morgan fingerprint density at radius 3 is 2.65 bits per heavy atom. The summed E-state index contributed by atoms with van der Waals surface area (Å²) in [6.07, 6.45) is 4.81. The summed E-state index contributed by atoms with van der Waals surface area (Å²) in [5.74, 6) is -1.17. The number of nitrogens with zero attached hydrogens (tertiary/aromatic N) is 4. The molecule has 2 aromatic heterocycles. The highest BCUT2D eigenvalue weighted by Crippen LogP contribution is 2.25. The highest BCUT2D eigenvalue weighted by molar-refractivity contribution is 5.97. The number of morpholine rings is 1. The fourth-order valence-electron chi connectivity index (χ4n) is 4.25. The Morgan fingerprint density at radius 1 is 1.32 bits per heavy atom. The second-order valence-electron chi connectivity index (χ2n) is 10.2. The molecule has 1 saturated heterocycles. The minimum atomic E-state index is -0.597. The molecule has 0 atom stereocenters. The second kappa shape index (κ2) is 8.90. The van der Waals surface area contributed by atoms with Crippen LogP contribution in [-0.2, 0) is 16.1 Å². The molecule has 0 spiro atoms. The van der Waals surface area contributed by atoms with Gasteiger partial charge in [0.1, 0.15) is 5.65 Å². The van der Waals surface area contributed by atoms with Crippen molar-refractivity contribution in [2.24, 2.45) is 5.92 Å². The standard InChI is InChI=1S/C24H33N5O5/c1-14(2)12-28-21-17(8-9-18(30)27-10-11-34-24(4,5)13-27)15(3)26-29(21)23(33)19(22(28)32)20(31)25-16-6-7-16/h8-9,14,16,33H,6-7,10-13H2,1-5H3,(H,25,31)/b9-8+. The van der Waals surface area contributed by atoms with E-state index in [2.05, 4.69) is 10.4 Å².